The van der Waals surface area contributed by atoms with Gasteiger partial charge in [-0.2, -0.15) is 5.26 Å². The Morgan fingerprint density at radius 1 is 1.40 bits per heavy atom. The molecule has 2 rings (SSSR count). The van der Waals surface area contributed by atoms with Crippen LogP contribution in [0.2, 0.25) is 5.02 Å². The molecule has 6 heteroatoms. The summed E-state index contributed by atoms with van der Waals surface area (Å²) >= 11 is 6.00. The molecule has 1 aliphatic rings. The summed E-state index contributed by atoms with van der Waals surface area (Å²) in [5.41, 5.74) is 0.867. The Balaban J connectivity index is 2.28. The van der Waals surface area contributed by atoms with E-state index in [0.29, 0.717) is 5.02 Å². The Morgan fingerprint density at radius 2 is 2.10 bits per heavy atom. The first-order chi connectivity index (χ1) is 9.52. The summed E-state index contributed by atoms with van der Waals surface area (Å²) in [6.07, 6.45) is 4.21. The summed E-state index contributed by atoms with van der Waals surface area (Å²) in [5.74, 6) is -0.251. The SMILES string of the molecule is N#CCS(=O)(=O)N[C@H](c1cccc(Cl)c1)C1CCCC1. The highest BCUT2D eigenvalue weighted by atomic mass is 35.5. The number of nitriles is 1. The topological polar surface area (TPSA) is 70.0 Å². The lowest BCUT2D eigenvalue weighted by atomic mass is 9.92. The molecule has 108 valence electrons. The molecule has 0 unspecified atom stereocenters. The van der Waals surface area contributed by atoms with Crippen LogP contribution < -0.4 is 4.72 Å². The number of hydrogen-bond donors (Lipinski definition) is 1. The second-order valence-corrected chi connectivity index (χ2v) is 7.30. The third-order valence-electron chi connectivity index (χ3n) is 3.64. The molecule has 20 heavy (non-hydrogen) atoms. The molecule has 1 aromatic carbocycles. The number of nitrogens with zero attached hydrogens (tertiary/aromatic N) is 1. The van der Waals surface area contributed by atoms with Crippen molar-refractivity contribution < 1.29 is 8.42 Å². The van der Waals surface area contributed by atoms with E-state index in [1.165, 1.54) is 0 Å². The molecule has 1 aliphatic carbocycles. The molecule has 1 N–H and O–H groups in total. The summed E-state index contributed by atoms with van der Waals surface area (Å²) in [7, 11) is -3.58. The lowest BCUT2D eigenvalue weighted by molar-refractivity contribution is 0.411. The van der Waals surface area contributed by atoms with E-state index in [9.17, 15) is 8.42 Å². The van der Waals surface area contributed by atoms with Gasteiger partial charge in [0.25, 0.3) is 0 Å². The standard InChI is InChI=1S/C14H17ClN2O2S/c15-13-7-3-6-12(10-13)14(11-4-1-2-5-11)17-20(18,19)9-8-16/h3,6-7,10-11,14,17H,1-2,4-5,9H2/t14-/m0/s1. The van der Waals surface area contributed by atoms with Crippen LogP contribution in [0, 0.1) is 17.2 Å². The fourth-order valence-electron chi connectivity index (χ4n) is 2.75. The molecule has 4 nitrogen and oxygen atoms in total. The van der Waals surface area contributed by atoms with Gasteiger partial charge in [0, 0.05) is 11.1 Å². The summed E-state index contributed by atoms with van der Waals surface area (Å²) in [6, 6.07) is 8.65. The van der Waals surface area contributed by atoms with Crippen LogP contribution >= 0.6 is 11.6 Å². The van der Waals surface area contributed by atoms with Crippen molar-refractivity contribution in [1.29, 1.82) is 5.26 Å². The smallest absolute Gasteiger partial charge is 0.211 e. The highest BCUT2D eigenvalue weighted by Crippen LogP contribution is 2.36. The molecule has 0 amide bonds. The van der Waals surface area contributed by atoms with Crippen molar-refractivity contribution in [3.63, 3.8) is 0 Å². The lowest BCUT2D eigenvalue weighted by Gasteiger charge is -2.24. The van der Waals surface area contributed by atoms with Crippen molar-refractivity contribution in [1.82, 2.24) is 4.72 Å². The molecule has 0 bridgehead atoms. The van der Waals surface area contributed by atoms with Gasteiger partial charge in [-0.25, -0.2) is 13.1 Å². The minimum atomic E-state index is -3.58. The van der Waals surface area contributed by atoms with Gasteiger partial charge >= 0.3 is 0 Å². The number of hydrogen-bond acceptors (Lipinski definition) is 3. The first kappa shape index (κ1) is 15.3. The van der Waals surface area contributed by atoms with Crippen LogP contribution in [-0.4, -0.2) is 14.2 Å². The first-order valence-electron chi connectivity index (χ1n) is 6.64. The lowest BCUT2D eigenvalue weighted by Crippen LogP contribution is -2.34. The summed E-state index contributed by atoms with van der Waals surface area (Å²) in [4.78, 5) is 0. The molecule has 0 spiro atoms. The number of sulfonamides is 1. The van der Waals surface area contributed by atoms with Gasteiger partial charge in [-0.05, 0) is 36.5 Å². The van der Waals surface area contributed by atoms with Crippen molar-refractivity contribution in [2.45, 2.75) is 31.7 Å². The molecule has 1 atom stereocenters. The minimum absolute atomic E-state index is 0.266. The Bertz CT molecular complexity index is 604. The summed E-state index contributed by atoms with van der Waals surface area (Å²) in [5, 5.41) is 9.19. The summed E-state index contributed by atoms with van der Waals surface area (Å²) in [6.45, 7) is 0. The van der Waals surface area contributed by atoms with Gasteiger partial charge in [-0.1, -0.05) is 36.6 Å². The quantitative estimate of drug-likeness (QED) is 0.908. The third-order valence-corrected chi connectivity index (χ3v) is 5.00. The zero-order valence-corrected chi connectivity index (χ0v) is 12.6. The monoisotopic (exact) mass is 312 g/mol. The molecule has 0 radical (unpaired) electrons. The number of rotatable bonds is 5. The highest BCUT2D eigenvalue weighted by molar-refractivity contribution is 7.89. The van der Waals surface area contributed by atoms with E-state index < -0.39 is 15.8 Å². The molecule has 0 heterocycles. The molecule has 0 aliphatic heterocycles. The molecule has 1 aromatic rings. The van der Waals surface area contributed by atoms with E-state index in [-0.39, 0.29) is 12.0 Å². The molecule has 1 fully saturated rings. The Morgan fingerprint density at radius 3 is 2.70 bits per heavy atom. The van der Waals surface area contributed by atoms with E-state index in [0.717, 1.165) is 31.2 Å². The van der Waals surface area contributed by atoms with Crippen LogP contribution in [0.4, 0.5) is 0 Å². The van der Waals surface area contributed by atoms with Crippen molar-refractivity contribution in [3.05, 3.63) is 34.9 Å². The zero-order chi connectivity index (χ0) is 14.6. The van der Waals surface area contributed by atoms with Crippen molar-refractivity contribution in [2.24, 2.45) is 5.92 Å². The van der Waals surface area contributed by atoms with Crippen LogP contribution in [0.3, 0.4) is 0 Å². The molecule has 0 aromatic heterocycles. The van der Waals surface area contributed by atoms with Crippen LogP contribution in [-0.2, 0) is 10.0 Å². The van der Waals surface area contributed by atoms with Crippen LogP contribution in [0.1, 0.15) is 37.3 Å². The highest BCUT2D eigenvalue weighted by Gasteiger charge is 2.29. The largest absolute Gasteiger partial charge is 0.225 e. The van der Waals surface area contributed by atoms with Gasteiger partial charge < -0.3 is 0 Å². The van der Waals surface area contributed by atoms with Crippen molar-refractivity contribution >= 4 is 21.6 Å². The van der Waals surface area contributed by atoms with Gasteiger partial charge in [0.05, 0.1) is 6.07 Å². The second kappa shape index (κ2) is 6.57. The maximum atomic E-state index is 11.9. The maximum Gasteiger partial charge on any atom is 0.225 e. The average molecular weight is 313 g/mol. The zero-order valence-electron chi connectivity index (χ0n) is 11.0. The Kier molecular flexibility index (Phi) is 5.03. The molecular weight excluding hydrogens is 296 g/mol. The molecule has 0 saturated heterocycles. The van der Waals surface area contributed by atoms with Crippen LogP contribution in [0.25, 0.3) is 0 Å². The minimum Gasteiger partial charge on any atom is -0.211 e. The predicted octanol–water partition coefficient (Wildman–Crippen LogP) is 3.01. The normalized spacial score (nSPS) is 17.8. The van der Waals surface area contributed by atoms with Crippen molar-refractivity contribution in [2.75, 3.05) is 5.75 Å². The first-order valence-corrected chi connectivity index (χ1v) is 8.67. The van der Waals surface area contributed by atoms with E-state index in [2.05, 4.69) is 4.72 Å². The number of benzene rings is 1. The fraction of sp³-hybridized carbons (Fsp3) is 0.500. The fourth-order valence-corrected chi connectivity index (χ4v) is 3.91. The second-order valence-electron chi connectivity index (χ2n) is 5.11. The van der Waals surface area contributed by atoms with E-state index in [1.54, 1.807) is 18.2 Å². The maximum absolute atomic E-state index is 11.9. The van der Waals surface area contributed by atoms with Gasteiger partial charge in [0.1, 0.15) is 0 Å². The van der Waals surface area contributed by atoms with E-state index >= 15 is 0 Å². The average Bonchev–Trinajstić information content (AvgIpc) is 2.89. The Labute approximate surface area is 124 Å². The summed E-state index contributed by atoms with van der Waals surface area (Å²) < 4.78 is 26.4. The van der Waals surface area contributed by atoms with Gasteiger partial charge in [-0.3, -0.25) is 0 Å². The van der Waals surface area contributed by atoms with Crippen LogP contribution in [0.5, 0.6) is 0 Å². The van der Waals surface area contributed by atoms with E-state index in [4.69, 9.17) is 16.9 Å². The van der Waals surface area contributed by atoms with Gasteiger partial charge in [0.15, 0.2) is 5.75 Å². The number of nitrogens with one attached hydrogen (secondary N) is 1. The predicted molar refractivity (Wildman–Crippen MR) is 78.7 cm³/mol. The van der Waals surface area contributed by atoms with Crippen LogP contribution in [0.15, 0.2) is 24.3 Å². The number of halogens is 1. The van der Waals surface area contributed by atoms with Crippen molar-refractivity contribution in [3.8, 4) is 6.07 Å². The van der Waals surface area contributed by atoms with Gasteiger partial charge in [-0.15, -0.1) is 0 Å². The third kappa shape index (κ3) is 3.95. The Hall–Kier alpha value is -1.09. The van der Waals surface area contributed by atoms with E-state index in [1.807, 2.05) is 12.1 Å². The molecule has 1 saturated carbocycles. The molecular formula is C14H17ClN2O2S. The van der Waals surface area contributed by atoms with Gasteiger partial charge in [0.2, 0.25) is 10.0 Å².